The van der Waals surface area contributed by atoms with Gasteiger partial charge in [0.2, 0.25) is 5.91 Å². The number of anilines is 1. The van der Waals surface area contributed by atoms with Gasteiger partial charge in [-0.3, -0.25) is 9.59 Å². The molecule has 3 N–H and O–H groups in total. The molecule has 0 unspecified atom stereocenters. The predicted molar refractivity (Wildman–Crippen MR) is 75.2 cm³/mol. The van der Waals surface area contributed by atoms with Crippen molar-refractivity contribution in [3.05, 3.63) is 47.7 Å². The number of hydrogen-bond acceptors (Lipinski definition) is 3. The fourth-order valence-electron chi connectivity index (χ4n) is 1.88. The van der Waals surface area contributed by atoms with E-state index in [1.807, 2.05) is 0 Å². The summed E-state index contributed by atoms with van der Waals surface area (Å²) in [6.07, 6.45) is 1.59. The highest BCUT2D eigenvalue weighted by Gasteiger charge is 2.18. The molecule has 0 aliphatic heterocycles. The first-order valence-corrected chi connectivity index (χ1v) is 6.41. The lowest BCUT2D eigenvalue weighted by Crippen LogP contribution is -2.21. The third-order valence-corrected chi connectivity index (χ3v) is 2.95. The molecule has 1 aromatic heterocycles. The zero-order chi connectivity index (χ0) is 15.4. The summed E-state index contributed by atoms with van der Waals surface area (Å²) >= 11 is 0. The van der Waals surface area contributed by atoms with Gasteiger partial charge in [-0.2, -0.15) is 0 Å². The summed E-state index contributed by atoms with van der Waals surface area (Å²) in [4.78, 5) is 26.9. The van der Waals surface area contributed by atoms with Crippen molar-refractivity contribution in [2.75, 3.05) is 5.32 Å². The molecule has 2 rings (SSSR count). The molecule has 0 aliphatic carbocycles. The Kier molecular flexibility index (Phi) is 4.32. The molecular formula is C14H15FN4O2. The predicted octanol–water partition coefficient (Wildman–Crippen LogP) is 1.52. The number of imidazole rings is 1. The summed E-state index contributed by atoms with van der Waals surface area (Å²) in [5.74, 6) is -1.32. The lowest BCUT2D eigenvalue weighted by molar-refractivity contribution is -0.115. The molecule has 0 saturated carbocycles. The summed E-state index contributed by atoms with van der Waals surface area (Å²) in [5.41, 5.74) is 5.76. The number of nitrogens with one attached hydrogen (secondary N) is 1. The van der Waals surface area contributed by atoms with Crippen molar-refractivity contribution >= 4 is 17.6 Å². The van der Waals surface area contributed by atoms with Crippen molar-refractivity contribution in [3.8, 4) is 0 Å². The van der Waals surface area contributed by atoms with Crippen LogP contribution in [-0.4, -0.2) is 21.4 Å². The first-order valence-electron chi connectivity index (χ1n) is 6.41. The van der Waals surface area contributed by atoms with Crippen LogP contribution >= 0.6 is 0 Å². The van der Waals surface area contributed by atoms with Gasteiger partial charge in [0, 0.05) is 12.0 Å². The highest BCUT2D eigenvalue weighted by molar-refractivity contribution is 6.00. The molecule has 2 amide bonds. The van der Waals surface area contributed by atoms with E-state index in [-0.39, 0.29) is 36.2 Å². The van der Waals surface area contributed by atoms with Crippen LogP contribution in [-0.2, 0) is 11.3 Å². The second-order valence-electron chi connectivity index (χ2n) is 4.43. The average molecular weight is 290 g/mol. The van der Waals surface area contributed by atoms with Gasteiger partial charge < -0.3 is 15.6 Å². The minimum atomic E-state index is -0.741. The van der Waals surface area contributed by atoms with Crippen LogP contribution in [0.1, 0.15) is 29.4 Å². The van der Waals surface area contributed by atoms with Crippen LogP contribution in [0.4, 0.5) is 10.2 Å². The van der Waals surface area contributed by atoms with Gasteiger partial charge in [-0.1, -0.05) is 25.1 Å². The van der Waals surface area contributed by atoms with E-state index in [2.05, 4.69) is 10.3 Å². The van der Waals surface area contributed by atoms with Crippen LogP contribution in [0.2, 0.25) is 0 Å². The van der Waals surface area contributed by atoms with Gasteiger partial charge >= 0.3 is 0 Å². The van der Waals surface area contributed by atoms with Gasteiger partial charge in [-0.15, -0.1) is 0 Å². The van der Waals surface area contributed by atoms with Crippen molar-refractivity contribution in [1.29, 1.82) is 0 Å². The normalized spacial score (nSPS) is 10.4. The highest BCUT2D eigenvalue weighted by atomic mass is 19.1. The zero-order valence-electron chi connectivity index (χ0n) is 11.5. The average Bonchev–Trinajstić information content (AvgIpc) is 2.84. The number of benzene rings is 1. The Balaban J connectivity index is 2.34. The molecule has 0 bridgehead atoms. The summed E-state index contributed by atoms with van der Waals surface area (Å²) in [6.45, 7) is 1.77. The molecule has 2 aromatic rings. The third-order valence-electron chi connectivity index (χ3n) is 2.95. The standard InChI is InChI=1S/C14H15FN4O2/c1-2-11(20)18-14-12(13(16)21)19(8-17-14)7-9-5-3-4-6-10(9)15/h3-6,8H,2,7H2,1H3,(H2,16,21)(H,18,20). The Morgan fingerprint density at radius 3 is 2.71 bits per heavy atom. The fraction of sp³-hybridized carbons (Fsp3) is 0.214. The number of halogens is 1. The second-order valence-corrected chi connectivity index (χ2v) is 4.43. The summed E-state index contributed by atoms with van der Waals surface area (Å²) in [5, 5.41) is 2.50. The topological polar surface area (TPSA) is 90.0 Å². The quantitative estimate of drug-likeness (QED) is 0.874. The van der Waals surface area contributed by atoms with E-state index in [1.165, 1.54) is 17.0 Å². The lowest BCUT2D eigenvalue weighted by Gasteiger charge is -2.08. The summed E-state index contributed by atoms with van der Waals surface area (Å²) in [7, 11) is 0. The third kappa shape index (κ3) is 3.25. The Morgan fingerprint density at radius 2 is 2.10 bits per heavy atom. The van der Waals surface area contributed by atoms with Gasteiger partial charge in [0.05, 0.1) is 12.9 Å². The van der Waals surface area contributed by atoms with Crippen molar-refractivity contribution < 1.29 is 14.0 Å². The molecule has 0 atom stereocenters. The maximum Gasteiger partial charge on any atom is 0.269 e. The van der Waals surface area contributed by atoms with Crippen molar-refractivity contribution in [1.82, 2.24) is 9.55 Å². The largest absolute Gasteiger partial charge is 0.364 e. The monoisotopic (exact) mass is 290 g/mol. The van der Waals surface area contributed by atoms with Gasteiger partial charge in [0.25, 0.3) is 5.91 Å². The maximum absolute atomic E-state index is 13.7. The molecule has 21 heavy (non-hydrogen) atoms. The number of aromatic nitrogens is 2. The molecule has 0 fully saturated rings. The fourth-order valence-corrected chi connectivity index (χ4v) is 1.88. The SMILES string of the molecule is CCC(=O)Nc1ncn(Cc2ccccc2F)c1C(N)=O. The van der Waals surface area contributed by atoms with Gasteiger partial charge in [0.15, 0.2) is 11.5 Å². The molecule has 1 heterocycles. The van der Waals surface area contributed by atoms with Crippen molar-refractivity contribution in [2.45, 2.75) is 19.9 Å². The van der Waals surface area contributed by atoms with Gasteiger partial charge in [-0.25, -0.2) is 9.37 Å². The molecular weight excluding hydrogens is 275 g/mol. The number of carbonyl (C=O) groups is 2. The first kappa shape index (κ1) is 14.7. The minimum absolute atomic E-state index is 0.0417. The van der Waals surface area contributed by atoms with Crippen molar-refractivity contribution in [3.63, 3.8) is 0 Å². The number of carbonyl (C=O) groups excluding carboxylic acids is 2. The number of nitrogens with two attached hydrogens (primary N) is 1. The van der Waals surface area contributed by atoms with Crippen LogP contribution < -0.4 is 11.1 Å². The molecule has 1 aromatic carbocycles. The molecule has 110 valence electrons. The number of primary amides is 1. The van der Waals surface area contributed by atoms with Crippen LogP contribution in [0.3, 0.4) is 0 Å². The number of rotatable bonds is 5. The number of nitrogens with zero attached hydrogens (tertiary/aromatic N) is 2. The van der Waals surface area contributed by atoms with Crippen LogP contribution in [0.25, 0.3) is 0 Å². The highest BCUT2D eigenvalue weighted by Crippen LogP contribution is 2.16. The Labute approximate surface area is 120 Å². The molecule has 0 radical (unpaired) electrons. The van der Waals surface area contributed by atoms with E-state index < -0.39 is 5.91 Å². The van der Waals surface area contributed by atoms with E-state index in [0.717, 1.165) is 0 Å². The molecule has 0 spiro atoms. The molecule has 7 heteroatoms. The first-order chi connectivity index (χ1) is 10.0. The second kappa shape index (κ2) is 6.17. The van der Waals surface area contributed by atoms with Crippen LogP contribution in [0.15, 0.2) is 30.6 Å². The van der Waals surface area contributed by atoms with Gasteiger partial charge in [-0.05, 0) is 6.07 Å². The molecule has 0 aliphatic rings. The summed E-state index contributed by atoms with van der Waals surface area (Å²) < 4.78 is 15.1. The molecule has 0 saturated heterocycles. The van der Waals surface area contributed by atoms with E-state index in [9.17, 15) is 14.0 Å². The van der Waals surface area contributed by atoms with Crippen LogP contribution in [0.5, 0.6) is 0 Å². The Hall–Kier alpha value is -2.70. The lowest BCUT2D eigenvalue weighted by atomic mass is 10.2. The Bertz CT molecular complexity index is 681. The van der Waals surface area contributed by atoms with E-state index in [4.69, 9.17) is 5.73 Å². The minimum Gasteiger partial charge on any atom is -0.364 e. The Morgan fingerprint density at radius 1 is 1.38 bits per heavy atom. The van der Waals surface area contributed by atoms with Gasteiger partial charge in [0.1, 0.15) is 5.82 Å². The number of hydrogen-bond donors (Lipinski definition) is 2. The van der Waals surface area contributed by atoms with E-state index >= 15 is 0 Å². The smallest absolute Gasteiger partial charge is 0.269 e. The zero-order valence-corrected chi connectivity index (χ0v) is 11.5. The van der Waals surface area contributed by atoms with Crippen molar-refractivity contribution in [2.24, 2.45) is 5.73 Å². The number of amides is 2. The van der Waals surface area contributed by atoms with Crippen LogP contribution in [0, 0.1) is 5.82 Å². The maximum atomic E-state index is 13.7. The van der Waals surface area contributed by atoms with E-state index in [1.54, 1.807) is 25.1 Å². The summed E-state index contributed by atoms with van der Waals surface area (Å²) in [6, 6.07) is 6.20. The molecule has 6 nitrogen and oxygen atoms in total. The van der Waals surface area contributed by atoms with E-state index in [0.29, 0.717) is 5.56 Å².